The van der Waals surface area contributed by atoms with Crippen LogP contribution in [-0.2, 0) is 14.3 Å². The quantitative estimate of drug-likeness (QED) is 0.448. The van der Waals surface area contributed by atoms with Crippen LogP contribution in [0.1, 0.15) is 61.5 Å². The third-order valence-corrected chi connectivity index (χ3v) is 7.84. The van der Waals surface area contributed by atoms with Crippen molar-refractivity contribution in [2.45, 2.75) is 52.4 Å². The van der Waals surface area contributed by atoms with Gasteiger partial charge in [0.25, 0.3) is 0 Å². The first-order valence-corrected chi connectivity index (χ1v) is 13.1. The van der Waals surface area contributed by atoms with Crippen LogP contribution in [-0.4, -0.2) is 18.4 Å². The lowest BCUT2D eigenvalue weighted by molar-refractivity contribution is -0.140. The highest BCUT2D eigenvalue weighted by Crippen LogP contribution is 2.46. The Hall–Kier alpha value is -3.45. The van der Waals surface area contributed by atoms with E-state index in [1.165, 1.54) is 6.26 Å². The number of thiophene rings is 1. The molecule has 1 N–H and O–H groups in total. The minimum absolute atomic E-state index is 0.0577. The molecule has 6 nitrogen and oxygen atoms in total. The molecule has 1 aliphatic heterocycles. The van der Waals surface area contributed by atoms with E-state index in [0.29, 0.717) is 35.1 Å². The second-order valence-electron chi connectivity index (χ2n) is 10.0. The largest absolute Gasteiger partial charge is 0.464 e. The van der Waals surface area contributed by atoms with Gasteiger partial charge < -0.3 is 14.5 Å². The summed E-state index contributed by atoms with van der Waals surface area (Å²) in [6, 6.07) is 9.46. The number of ketones is 1. The minimum atomic E-state index is -0.848. The number of aryl methyl sites for hydroxylation is 1. The normalized spacial score (nSPS) is 20.1. The minimum Gasteiger partial charge on any atom is -0.464 e. The van der Waals surface area contributed by atoms with Crippen molar-refractivity contribution < 1.29 is 18.7 Å². The molecule has 3 aromatic rings. The van der Waals surface area contributed by atoms with Crippen LogP contribution in [0.15, 0.2) is 73.7 Å². The fraction of sp³-hybridized carbons (Fsp3) is 0.345. The summed E-state index contributed by atoms with van der Waals surface area (Å²) in [5.74, 6) is -1.24. The number of allylic oxidation sites excluding steroid dienone is 3. The van der Waals surface area contributed by atoms with Crippen LogP contribution in [0.25, 0.3) is 11.0 Å². The monoisotopic (exact) mass is 503 g/mol. The van der Waals surface area contributed by atoms with Gasteiger partial charge in [0.1, 0.15) is 5.58 Å². The number of esters is 1. The van der Waals surface area contributed by atoms with Gasteiger partial charge in [-0.3, -0.25) is 9.59 Å². The molecule has 2 aliphatic rings. The average Bonchev–Trinajstić information content (AvgIpc) is 3.37. The number of carbonyl (C=O) groups is 2. The number of carbonyl (C=O) groups excluding carboxylic acids is 2. The molecule has 0 saturated carbocycles. The molecule has 3 heterocycles. The van der Waals surface area contributed by atoms with E-state index in [1.807, 2.05) is 44.4 Å². The van der Waals surface area contributed by atoms with Crippen molar-refractivity contribution in [2.24, 2.45) is 5.92 Å². The highest BCUT2D eigenvalue weighted by Gasteiger charge is 2.43. The molecule has 1 aromatic carbocycles. The molecular weight excluding hydrogens is 474 g/mol. The zero-order valence-electron chi connectivity index (χ0n) is 20.8. The van der Waals surface area contributed by atoms with Crippen molar-refractivity contribution in [1.29, 1.82) is 0 Å². The average molecular weight is 504 g/mol. The van der Waals surface area contributed by atoms with Gasteiger partial charge in [0.2, 0.25) is 0 Å². The van der Waals surface area contributed by atoms with Crippen molar-refractivity contribution >= 4 is 34.1 Å². The molecule has 0 radical (unpaired) electrons. The molecule has 5 rings (SSSR count). The van der Waals surface area contributed by atoms with Gasteiger partial charge in [-0.05, 0) is 49.8 Å². The van der Waals surface area contributed by atoms with Gasteiger partial charge in [0.05, 0.1) is 29.7 Å². The molecule has 186 valence electrons. The number of Topliss-reactive ketones (excluding diaryl/α,β-unsaturated/α-hetero) is 1. The molecule has 0 bridgehead atoms. The van der Waals surface area contributed by atoms with Crippen LogP contribution in [0.3, 0.4) is 0 Å². The summed E-state index contributed by atoms with van der Waals surface area (Å²) in [4.78, 5) is 42.0. The van der Waals surface area contributed by atoms with Gasteiger partial charge >= 0.3 is 5.97 Å². The van der Waals surface area contributed by atoms with E-state index in [1.54, 1.807) is 30.4 Å². The summed E-state index contributed by atoms with van der Waals surface area (Å²) in [5, 5.41) is 5.78. The number of ether oxygens (including phenoxy) is 1. The highest BCUT2D eigenvalue weighted by atomic mass is 32.1. The summed E-state index contributed by atoms with van der Waals surface area (Å²) in [6.45, 7) is 7.87. The summed E-state index contributed by atoms with van der Waals surface area (Å²) >= 11 is 1.63. The van der Waals surface area contributed by atoms with Crippen LogP contribution < -0.4 is 10.7 Å². The molecular formula is C29H29NO5S. The number of hydrogen-bond acceptors (Lipinski definition) is 7. The van der Waals surface area contributed by atoms with Gasteiger partial charge in [-0.15, -0.1) is 11.3 Å². The molecule has 7 heteroatoms. The Morgan fingerprint density at radius 2 is 2.00 bits per heavy atom. The predicted octanol–water partition coefficient (Wildman–Crippen LogP) is 5.72. The van der Waals surface area contributed by atoms with Crippen molar-refractivity contribution in [3.05, 3.63) is 90.7 Å². The first-order chi connectivity index (χ1) is 17.2. The fourth-order valence-electron chi connectivity index (χ4n) is 5.12. The molecule has 2 atom stereocenters. The number of rotatable bonds is 5. The zero-order valence-corrected chi connectivity index (χ0v) is 21.7. The van der Waals surface area contributed by atoms with Gasteiger partial charge in [-0.1, -0.05) is 31.5 Å². The maximum absolute atomic E-state index is 13.8. The van der Waals surface area contributed by atoms with Crippen molar-refractivity contribution in [3.63, 3.8) is 0 Å². The van der Waals surface area contributed by atoms with E-state index in [0.717, 1.165) is 16.1 Å². The summed E-state index contributed by atoms with van der Waals surface area (Å²) < 4.78 is 11.5. The van der Waals surface area contributed by atoms with E-state index in [4.69, 9.17) is 9.15 Å². The van der Waals surface area contributed by atoms with Crippen molar-refractivity contribution in [3.8, 4) is 0 Å². The topological polar surface area (TPSA) is 85.6 Å². The molecule has 0 fully saturated rings. The van der Waals surface area contributed by atoms with E-state index in [-0.39, 0.29) is 40.8 Å². The Kier molecular flexibility index (Phi) is 6.43. The smallest absolute Gasteiger partial charge is 0.336 e. The number of dihydropyridines is 1. The lowest BCUT2D eigenvalue weighted by Gasteiger charge is -2.36. The third-order valence-electron chi connectivity index (χ3n) is 6.81. The first kappa shape index (κ1) is 24.3. The lowest BCUT2D eigenvalue weighted by atomic mass is 9.73. The molecule has 36 heavy (non-hydrogen) atoms. The summed E-state index contributed by atoms with van der Waals surface area (Å²) in [6.07, 6.45) is 2.35. The molecule has 2 unspecified atom stereocenters. The third kappa shape index (κ3) is 4.32. The van der Waals surface area contributed by atoms with E-state index < -0.39 is 11.9 Å². The Balaban J connectivity index is 1.67. The Morgan fingerprint density at radius 1 is 1.19 bits per heavy atom. The summed E-state index contributed by atoms with van der Waals surface area (Å²) in [5.41, 5.74) is 3.53. The van der Waals surface area contributed by atoms with Gasteiger partial charge in [0, 0.05) is 39.7 Å². The van der Waals surface area contributed by atoms with E-state index in [9.17, 15) is 14.4 Å². The van der Waals surface area contributed by atoms with Crippen LogP contribution in [0.5, 0.6) is 0 Å². The van der Waals surface area contributed by atoms with Crippen LogP contribution in [0.4, 0.5) is 0 Å². The second-order valence-corrected chi connectivity index (χ2v) is 11.0. The maximum Gasteiger partial charge on any atom is 0.336 e. The zero-order chi connectivity index (χ0) is 25.6. The van der Waals surface area contributed by atoms with Crippen molar-refractivity contribution in [2.75, 3.05) is 6.61 Å². The number of benzene rings is 1. The van der Waals surface area contributed by atoms with Gasteiger partial charge in [-0.2, -0.15) is 0 Å². The molecule has 1 aliphatic carbocycles. The standard InChI is InChI=1S/C29H29NO5S/c1-15(2)13-35-29(33)25-17(4)30-21-11-18(24-6-5-9-36-24)12-22(31)27(21)26(25)20-14-34-23-8-7-16(3)10-19(23)28(20)32/h5-10,14-15,18,26,30H,11-13H2,1-4H3. The van der Waals surface area contributed by atoms with E-state index in [2.05, 4.69) is 5.32 Å². The van der Waals surface area contributed by atoms with Crippen LogP contribution >= 0.6 is 11.3 Å². The second kappa shape index (κ2) is 9.54. The van der Waals surface area contributed by atoms with Crippen molar-refractivity contribution in [1.82, 2.24) is 5.32 Å². The maximum atomic E-state index is 13.8. The molecule has 2 aromatic heterocycles. The van der Waals surface area contributed by atoms with Crippen LogP contribution in [0.2, 0.25) is 0 Å². The highest BCUT2D eigenvalue weighted by molar-refractivity contribution is 7.10. The first-order valence-electron chi connectivity index (χ1n) is 12.2. The Morgan fingerprint density at radius 3 is 2.72 bits per heavy atom. The Labute approximate surface area is 213 Å². The van der Waals surface area contributed by atoms with Crippen LogP contribution in [0, 0.1) is 12.8 Å². The number of hydrogen-bond donors (Lipinski definition) is 1. The molecule has 0 spiro atoms. The van der Waals surface area contributed by atoms with Gasteiger partial charge in [-0.25, -0.2) is 4.79 Å². The predicted molar refractivity (Wildman–Crippen MR) is 140 cm³/mol. The number of fused-ring (bicyclic) bond motifs is 1. The number of nitrogens with one attached hydrogen (secondary N) is 1. The SMILES string of the molecule is CC1=C(C(=O)OCC(C)C)C(c2coc3ccc(C)cc3c2=O)C2=C(CC(c3cccs3)CC2=O)N1. The molecule has 0 saturated heterocycles. The summed E-state index contributed by atoms with van der Waals surface area (Å²) in [7, 11) is 0. The Bertz CT molecular complexity index is 1480. The lowest BCUT2D eigenvalue weighted by Crippen LogP contribution is -2.37. The van der Waals surface area contributed by atoms with E-state index >= 15 is 0 Å². The van der Waals surface area contributed by atoms with Gasteiger partial charge in [0.15, 0.2) is 11.2 Å². The fourth-order valence-corrected chi connectivity index (χ4v) is 5.96. The molecule has 0 amide bonds.